The highest BCUT2D eigenvalue weighted by molar-refractivity contribution is 6.30. The molecule has 0 heterocycles. The minimum absolute atomic E-state index is 0.481. The lowest BCUT2D eigenvalue weighted by Gasteiger charge is -2.13. The Morgan fingerprint density at radius 2 is 2.13 bits per heavy atom. The van der Waals surface area contributed by atoms with Crippen LogP contribution in [0.2, 0.25) is 5.02 Å². The van der Waals surface area contributed by atoms with Crippen LogP contribution >= 0.6 is 11.6 Å². The highest BCUT2D eigenvalue weighted by Gasteiger charge is 2.17. The number of halogens is 3. The monoisotopic (exact) mass is 233 g/mol. The molecule has 1 N–H and O–H groups in total. The van der Waals surface area contributed by atoms with Gasteiger partial charge in [-0.05, 0) is 24.6 Å². The first-order valence-corrected chi connectivity index (χ1v) is 4.72. The third-order valence-electron chi connectivity index (χ3n) is 1.91. The molecule has 5 heteroatoms. The number of carbonyl (C=O) groups is 1. The Kier molecular flexibility index (Phi) is 4.03. The van der Waals surface area contributed by atoms with Crippen molar-refractivity contribution in [1.82, 2.24) is 5.32 Å². The number of benzene rings is 1. The van der Waals surface area contributed by atoms with Crippen molar-refractivity contribution in [3.05, 3.63) is 34.9 Å². The largest absolute Gasteiger partial charge is 0.345 e. The maximum Gasteiger partial charge on any atom is 0.315 e. The first kappa shape index (κ1) is 11.9. The maximum atomic E-state index is 11.9. The van der Waals surface area contributed by atoms with E-state index in [0.29, 0.717) is 10.6 Å². The minimum Gasteiger partial charge on any atom is -0.345 e. The van der Waals surface area contributed by atoms with Crippen LogP contribution in [0.4, 0.5) is 8.78 Å². The SMILES string of the molecule is CC(NC(=O)C(F)F)c1cccc(Cl)c1. The van der Waals surface area contributed by atoms with Gasteiger partial charge in [0.2, 0.25) is 0 Å². The Hall–Kier alpha value is -1.16. The lowest BCUT2D eigenvalue weighted by molar-refractivity contribution is -0.132. The van der Waals surface area contributed by atoms with Crippen LogP contribution in [0.1, 0.15) is 18.5 Å². The molecule has 0 aliphatic carbocycles. The molecule has 2 nitrogen and oxygen atoms in total. The summed E-state index contributed by atoms with van der Waals surface area (Å²) >= 11 is 5.73. The molecular weight excluding hydrogens is 224 g/mol. The molecule has 1 aromatic rings. The van der Waals surface area contributed by atoms with E-state index in [0.717, 1.165) is 0 Å². The van der Waals surface area contributed by atoms with E-state index in [2.05, 4.69) is 5.32 Å². The molecule has 0 bridgehead atoms. The van der Waals surface area contributed by atoms with E-state index in [9.17, 15) is 13.6 Å². The summed E-state index contributed by atoms with van der Waals surface area (Å²) in [5.74, 6) is -1.28. The number of carbonyl (C=O) groups excluding carboxylic acids is 1. The van der Waals surface area contributed by atoms with Crippen molar-refractivity contribution < 1.29 is 13.6 Å². The highest BCUT2D eigenvalue weighted by Crippen LogP contribution is 2.17. The molecule has 1 rings (SSSR count). The van der Waals surface area contributed by atoms with E-state index < -0.39 is 18.4 Å². The van der Waals surface area contributed by atoms with Gasteiger partial charge in [-0.2, -0.15) is 8.78 Å². The van der Waals surface area contributed by atoms with Gasteiger partial charge in [0.25, 0.3) is 5.91 Å². The zero-order chi connectivity index (χ0) is 11.4. The normalized spacial score (nSPS) is 12.6. The lowest BCUT2D eigenvalue weighted by Crippen LogP contribution is -2.31. The van der Waals surface area contributed by atoms with Gasteiger partial charge < -0.3 is 5.32 Å². The summed E-state index contributed by atoms with van der Waals surface area (Å²) in [5, 5.41) is 2.68. The van der Waals surface area contributed by atoms with Crippen LogP contribution < -0.4 is 5.32 Å². The summed E-state index contributed by atoms with van der Waals surface area (Å²) < 4.78 is 23.9. The number of hydrogen-bond acceptors (Lipinski definition) is 1. The van der Waals surface area contributed by atoms with Crippen LogP contribution in [0.5, 0.6) is 0 Å². The van der Waals surface area contributed by atoms with Crippen molar-refractivity contribution in [3.63, 3.8) is 0 Å². The van der Waals surface area contributed by atoms with Crippen molar-refractivity contribution in [2.75, 3.05) is 0 Å². The Labute approximate surface area is 91.2 Å². The van der Waals surface area contributed by atoms with Crippen molar-refractivity contribution in [2.24, 2.45) is 0 Å². The third-order valence-corrected chi connectivity index (χ3v) is 2.14. The maximum absolute atomic E-state index is 11.9. The van der Waals surface area contributed by atoms with Crippen LogP contribution in [-0.4, -0.2) is 12.3 Å². The number of hydrogen-bond donors (Lipinski definition) is 1. The van der Waals surface area contributed by atoms with E-state index in [4.69, 9.17) is 11.6 Å². The first-order valence-electron chi connectivity index (χ1n) is 4.34. The average Bonchev–Trinajstić information content (AvgIpc) is 2.17. The standard InChI is InChI=1S/C10H10ClF2NO/c1-6(14-10(15)9(12)13)7-3-2-4-8(11)5-7/h2-6,9H,1H3,(H,14,15). The molecule has 0 spiro atoms. The summed E-state index contributed by atoms with van der Waals surface area (Å²) in [5.41, 5.74) is 0.691. The first-order chi connectivity index (χ1) is 7.00. The quantitative estimate of drug-likeness (QED) is 0.855. The second-order valence-electron chi connectivity index (χ2n) is 3.09. The molecule has 1 aromatic carbocycles. The number of amides is 1. The molecule has 0 aliphatic heterocycles. The van der Waals surface area contributed by atoms with Crippen molar-refractivity contribution in [3.8, 4) is 0 Å². The molecule has 0 aliphatic rings. The molecule has 82 valence electrons. The van der Waals surface area contributed by atoms with Gasteiger partial charge in [0, 0.05) is 5.02 Å². The summed E-state index contributed by atoms with van der Waals surface area (Å²) in [6.45, 7) is 1.62. The lowest BCUT2D eigenvalue weighted by atomic mass is 10.1. The van der Waals surface area contributed by atoms with E-state index in [1.54, 1.807) is 31.2 Å². The molecule has 0 saturated carbocycles. The molecule has 0 saturated heterocycles. The predicted molar refractivity (Wildman–Crippen MR) is 54.0 cm³/mol. The third kappa shape index (κ3) is 3.47. The van der Waals surface area contributed by atoms with Gasteiger partial charge in [-0.15, -0.1) is 0 Å². The van der Waals surface area contributed by atoms with E-state index >= 15 is 0 Å². The van der Waals surface area contributed by atoms with Crippen LogP contribution in [0.3, 0.4) is 0 Å². The molecule has 1 unspecified atom stereocenters. The Morgan fingerprint density at radius 3 is 2.67 bits per heavy atom. The van der Waals surface area contributed by atoms with Crippen molar-refractivity contribution in [2.45, 2.75) is 19.4 Å². The van der Waals surface area contributed by atoms with Gasteiger partial charge in [0.05, 0.1) is 6.04 Å². The minimum atomic E-state index is -2.99. The molecular formula is C10H10ClF2NO. The summed E-state index contributed by atoms with van der Waals surface area (Å²) in [6, 6.07) is 6.22. The topological polar surface area (TPSA) is 29.1 Å². The van der Waals surface area contributed by atoms with E-state index in [-0.39, 0.29) is 0 Å². The van der Waals surface area contributed by atoms with Crippen LogP contribution in [-0.2, 0) is 4.79 Å². The van der Waals surface area contributed by atoms with Gasteiger partial charge in [0.15, 0.2) is 0 Å². The smallest absolute Gasteiger partial charge is 0.315 e. The second kappa shape index (κ2) is 5.07. The summed E-state index contributed by atoms with van der Waals surface area (Å²) in [6.07, 6.45) is -2.99. The Bertz CT molecular complexity index is 357. The van der Waals surface area contributed by atoms with Crippen molar-refractivity contribution >= 4 is 17.5 Å². The van der Waals surface area contributed by atoms with Gasteiger partial charge in [-0.1, -0.05) is 23.7 Å². The van der Waals surface area contributed by atoms with Crippen LogP contribution in [0.15, 0.2) is 24.3 Å². The Balaban J connectivity index is 2.69. The zero-order valence-electron chi connectivity index (χ0n) is 8.01. The fourth-order valence-corrected chi connectivity index (χ4v) is 1.33. The molecule has 0 radical (unpaired) electrons. The molecule has 0 fully saturated rings. The van der Waals surface area contributed by atoms with Crippen molar-refractivity contribution in [1.29, 1.82) is 0 Å². The number of alkyl halides is 2. The number of nitrogens with one attached hydrogen (secondary N) is 1. The van der Waals surface area contributed by atoms with E-state index in [1.807, 2.05) is 0 Å². The van der Waals surface area contributed by atoms with E-state index in [1.165, 1.54) is 0 Å². The van der Waals surface area contributed by atoms with Crippen LogP contribution in [0.25, 0.3) is 0 Å². The Morgan fingerprint density at radius 1 is 1.47 bits per heavy atom. The zero-order valence-corrected chi connectivity index (χ0v) is 8.76. The summed E-state index contributed by atoms with van der Waals surface area (Å²) in [7, 11) is 0. The number of rotatable bonds is 3. The van der Waals surface area contributed by atoms with Gasteiger partial charge in [0.1, 0.15) is 0 Å². The van der Waals surface area contributed by atoms with Gasteiger partial charge in [-0.25, -0.2) is 0 Å². The van der Waals surface area contributed by atoms with Crippen LogP contribution in [0, 0.1) is 0 Å². The average molecular weight is 234 g/mol. The predicted octanol–water partition coefficient (Wildman–Crippen LogP) is 2.78. The fourth-order valence-electron chi connectivity index (χ4n) is 1.14. The van der Waals surface area contributed by atoms with Gasteiger partial charge >= 0.3 is 6.43 Å². The molecule has 1 amide bonds. The summed E-state index contributed by atoms with van der Waals surface area (Å²) in [4.78, 5) is 10.7. The molecule has 15 heavy (non-hydrogen) atoms. The van der Waals surface area contributed by atoms with Gasteiger partial charge in [-0.3, -0.25) is 4.79 Å². The second-order valence-corrected chi connectivity index (χ2v) is 3.52. The molecule has 0 aromatic heterocycles. The highest BCUT2D eigenvalue weighted by atomic mass is 35.5. The fraction of sp³-hybridized carbons (Fsp3) is 0.300. The molecule has 1 atom stereocenters.